The molecular weight excluding hydrogens is 168 g/mol. The second kappa shape index (κ2) is 3.12. The topological polar surface area (TPSA) is 0 Å². The summed E-state index contributed by atoms with van der Waals surface area (Å²) in [7, 11) is 0. The molecule has 1 aromatic carbocycles. The lowest BCUT2D eigenvalue weighted by molar-refractivity contribution is 0.585. The zero-order chi connectivity index (χ0) is 10.3. The summed E-state index contributed by atoms with van der Waals surface area (Å²) in [5.41, 5.74) is 4.93. The molecule has 0 atom stereocenters. The summed E-state index contributed by atoms with van der Waals surface area (Å²) >= 11 is 0. The Morgan fingerprint density at radius 2 is 1.79 bits per heavy atom. The fourth-order valence-corrected chi connectivity index (χ4v) is 2.30. The van der Waals surface area contributed by atoms with E-state index >= 15 is 0 Å². The first-order valence-electron chi connectivity index (χ1n) is 5.60. The molecule has 1 aliphatic carbocycles. The van der Waals surface area contributed by atoms with Gasteiger partial charge in [0.1, 0.15) is 0 Å². The Balaban J connectivity index is 2.46. The van der Waals surface area contributed by atoms with Gasteiger partial charge < -0.3 is 0 Å². The highest BCUT2D eigenvalue weighted by atomic mass is 14.3. The fourth-order valence-electron chi connectivity index (χ4n) is 2.30. The van der Waals surface area contributed by atoms with Gasteiger partial charge in [0.2, 0.25) is 0 Å². The van der Waals surface area contributed by atoms with Crippen molar-refractivity contribution in [2.45, 2.75) is 51.9 Å². The Kier molecular flexibility index (Phi) is 2.17. The van der Waals surface area contributed by atoms with Gasteiger partial charge in [-0.2, -0.15) is 0 Å². The van der Waals surface area contributed by atoms with Crippen molar-refractivity contribution in [3.8, 4) is 0 Å². The number of hydrogen-bond acceptors (Lipinski definition) is 0. The van der Waals surface area contributed by atoms with E-state index in [0.717, 1.165) is 5.92 Å². The van der Waals surface area contributed by atoms with E-state index in [9.17, 15) is 0 Å². The van der Waals surface area contributed by atoms with E-state index < -0.39 is 0 Å². The van der Waals surface area contributed by atoms with Crippen molar-refractivity contribution < 1.29 is 0 Å². The molecule has 1 saturated carbocycles. The van der Waals surface area contributed by atoms with Crippen LogP contribution in [0.4, 0.5) is 0 Å². The second-order valence-electron chi connectivity index (χ2n) is 5.54. The molecule has 0 unspecified atom stereocenters. The van der Waals surface area contributed by atoms with Crippen LogP contribution in [0.5, 0.6) is 0 Å². The Morgan fingerprint density at radius 3 is 2.29 bits per heavy atom. The van der Waals surface area contributed by atoms with Crippen LogP contribution in [0, 0.1) is 6.92 Å². The maximum absolute atomic E-state index is 2.31. The third-order valence-corrected chi connectivity index (χ3v) is 3.20. The molecule has 0 aliphatic heterocycles. The van der Waals surface area contributed by atoms with Crippen molar-refractivity contribution in [2.24, 2.45) is 0 Å². The van der Waals surface area contributed by atoms with Crippen molar-refractivity contribution in [2.75, 3.05) is 0 Å². The molecule has 76 valence electrons. The zero-order valence-electron chi connectivity index (χ0n) is 9.72. The van der Waals surface area contributed by atoms with Gasteiger partial charge in [-0.15, -0.1) is 0 Å². The number of benzene rings is 1. The molecule has 0 heteroatoms. The van der Waals surface area contributed by atoms with Crippen LogP contribution in [0.1, 0.15) is 56.2 Å². The maximum atomic E-state index is 2.31. The first kappa shape index (κ1) is 9.76. The molecule has 1 fully saturated rings. The Hall–Kier alpha value is -0.780. The quantitative estimate of drug-likeness (QED) is 0.620. The highest BCUT2D eigenvalue weighted by Gasteiger charge is 2.27. The summed E-state index contributed by atoms with van der Waals surface area (Å²) in [6.45, 7) is 9.18. The minimum absolute atomic E-state index is 0.287. The van der Waals surface area contributed by atoms with Gasteiger partial charge in [-0.05, 0) is 47.8 Å². The molecule has 14 heavy (non-hydrogen) atoms. The Labute approximate surface area is 87.3 Å². The molecule has 0 heterocycles. The molecular formula is C14H20. The predicted octanol–water partition coefficient (Wildman–Crippen LogP) is 4.17. The van der Waals surface area contributed by atoms with Crippen LogP contribution in [-0.4, -0.2) is 0 Å². The molecule has 0 saturated heterocycles. The molecule has 1 aromatic rings. The van der Waals surface area contributed by atoms with Crippen molar-refractivity contribution in [1.82, 2.24) is 0 Å². The molecule has 0 spiro atoms. The number of hydrogen-bond donors (Lipinski definition) is 0. The second-order valence-corrected chi connectivity index (χ2v) is 5.54. The van der Waals surface area contributed by atoms with Crippen molar-refractivity contribution in [3.05, 3.63) is 34.9 Å². The van der Waals surface area contributed by atoms with E-state index in [1.165, 1.54) is 24.0 Å². The van der Waals surface area contributed by atoms with E-state index in [1.807, 2.05) is 0 Å². The fraction of sp³-hybridized carbons (Fsp3) is 0.571. The van der Waals surface area contributed by atoms with Gasteiger partial charge in [0, 0.05) is 0 Å². The summed E-state index contributed by atoms with van der Waals surface area (Å²) in [4.78, 5) is 0. The van der Waals surface area contributed by atoms with Gasteiger partial charge in [0.25, 0.3) is 0 Å². The molecule has 0 bridgehead atoms. The molecule has 0 amide bonds. The number of rotatable bonds is 1. The highest BCUT2D eigenvalue weighted by molar-refractivity contribution is 5.41. The van der Waals surface area contributed by atoms with E-state index in [2.05, 4.69) is 45.9 Å². The Bertz CT molecular complexity index is 338. The van der Waals surface area contributed by atoms with Gasteiger partial charge in [-0.3, -0.25) is 0 Å². The van der Waals surface area contributed by atoms with Gasteiger partial charge in [-0.25, -0.2) is 0 Å². The average Bonchev–Trinajstić information content (AvgIpc) is 2.85. The minimum atomic E-state index is 0.287. The lowest BCUT2D eigenvalue weighted by Gasteiger charge is -2.23. The third kappa shape index (κ3) is 1.70. The van der Waals surface area contributed by atoms with Gasteiger partial charge in [-0.1, -0.05) is 39.0 Å². The first-order valence-corrected chi connectivity index (χ1v) is 5.60. The summed E-state index contributed by atoms with van der Waals surface area (Å²) in [5.74, 6) is 0.872. The van der Waals surface area contributed by atoms with Crippen molar-refractivity contribution in [3.63, 3.8) is 0 Å². The van der Waals surface area contributed by atoms with Crippen LogP contribution in [0.25, 0.3) is 0 Å². The van der Waals surface area contributed by atoms with Crippen LogP contribution in [-0.2, 0) is 5.41 Å². The van der Waals surface area contributed by atoms with Gasteiger partial charge >= 0.3 is 0 Å². The van der Waals surface area contributed by atoms with Gasteiger partial charge in [0.15, 0.2) is 0 Å². The van der Waals surface area contributed by atoms with E-state index in [1.54, 1.807) is 5.56 Å². The largest absolute Gasteiger partial charge is 0.0617 e. The van der Waals surface area contributed by atoms with Crippen molar-refractivity contribution in [1.29, 1.82) is 0 Å². The standard InChI is InChI=1S/C14H20/c1-10-12(11-8-9-11)6-5-7-13(10)14(2,3)4/h5-7,11H,8-9H2,1-4H3. The summed E-state index contributed by atoms with van der Waals surface area (Å²) < 4.78 is 0. The molecule has 1 aliphatic rings. The van der Waals surface area contributed by atoms with Crippen LogP contribution in [0.3, 0.4) is 0 Å². The predicted molar refractivity (Wildman–Crippen MR) is 61.9 cm³/mol. The van der Waals surface area contributed by atoms with E-state index in [0.29, 0.717) is 0 Å². The molecule has 0 N–H and O–H groups in total. The summed E-state index contributed by atoms with van der Waals surface area (Å²) in [5, 5.41) is 0. The summed E-state index contributed by atoms with van der Waals surface area (Å²) in [6.07, 6.45) is 2.79. The molecule has 0 aromatic heterocycles. The monoisotopic (exact) mass is 188 g/mol. The lowest BCUT2D eigenvalue weighted by atomic mass is 9.82. The van der Waals surface area contributed by atoms with Crippen molar-refractivity contribution >= 4 is 0 Å². The molecule has 0 nitrogen and oxygen atoms in total. The zero-order valence-corrected chi connectivity index (χ0v) is 9.72. The third-order valence-electron chi connectivity index (χ3n) is 3.20. The van der Waals surface area contributed by atoms with Crippen LogP contribution >= 0.6 is 0 Å². The highest BCUT2D eigenvalue weighted by Crippen LogP contribution is 2.43. The molecule has 0 radical (unpaired) electrons. The van der Waals surface area contributed by atoms with Crippen LogP contribution < -0.4 is 0 Å². The van der Waals surface area contributed by atoms with Crippen LogP contribution in [0.15, 0.2) is 18.2 Å². The normalized spacial score (nSPS) is 17.1. The first-order chi connectivity index (χ1) is 6.50. The summed E-state index contributed by atoms with van der Waals surface area (Å²) in [6, 6.07) is 6.81. The smallest absolute Gasteiger partial charge is 0.0129 e. The van der Waals surface area contributed by atoms with E-state index in [4.69, 9.17) is 0 Å². The Morgan fingerprint density at radius 1 is 1.14 bits per heavy atom. The lowest BCUT2D eigenvalue weighted by Crippen LogP contribution is -2.13. The van der Waals surface area contributed by atoms with Crippen LogP contribution in [0.2, 0.25) is 0 Å². The van der Waals surface area contributed by atoms with Gasteiger partial charge in [0.05, 0.1) is 0 Å². The van der Waals surface area contributed by atoms with E-state index in [-0.39, 0.29) is 5.41 Å². The molecule has 2 rings (SSSR count). The SMILES string of the molecule is Cc1c(C2CC2)cccc1C(C)(C)C. The maximum Gasteiger partial charge on any atom is -0.0129 e. The average molecular weight is 188 g/mol. The minimum Gasteiger partial charge on any atom is -0.0617 e.